The molecular weight excluding hydrogens is 376 g/mol. The topological polar surface area (TPSA) is 97.5 Å². The normalized spacial score (nSPS) is 12.3. The third-order valence-electron chi connectivity index (χ3n) is 4.31. The van der Waals surface area contributed by atoms with Gasteiger partial charge in [0.1, 0.15) is 5.82 Å². The Balaban J connectivity index is 1.94. The van der Waals surface area contributed by atoms with E-state index in [1.165, 1.54) is 11.8 Å². The maximum absolute atomic E-state index is 12.7. The number of para-hydroxylation sites is 1. The summed E-state index contributed by atoms with van der Waals surface area (Å²) in [6.07, 6.45) is 0. The van der Waals surface area contributed by atoms with Gasteiger partial charge in [-0.15, -0.1) is 11.8 Å². The summed E-state index contributed by atoms with van der Waals surface area (Å²) >= 11 is 1.24. The number of hydrogen-bond donors (Lipinski definition) is 1. The molecule has 8 heteroatoms. The average molecular weight is 392 g/mol. The molecule has 4 aromatic rings. The highest BCUT2D eigenvalue weighted by atomic mass is 32.2. The summed E-state index contributed by atoms with van der Waals surface area (Å²) in [5.74, 6) is -0.0323. The Morgan fingerprint density at radius 2 is 1.82 bits per heavy atom. The van der Waals surface area contributed by atoms with Gasteiger partial charge in [-0.05, 0) is 19.1 Å². The van der Waals surface area contributed by atoms with Gasteiger partial charge in [0.15, 0.2) is 11.3 Å². The lowest BCUT2D eigenvalue weighted by atomic mass is 10.2. The maximum atomic E-state index is 12.7. The number of rotatable bonds is 5. The highest BCUT2D eigenvalue weighted by Gasteiger charge is 2.17. The molecule has 2 aromatic heterocycles. The Kier molecular flexibility index (Phi) is 4.79. The molecule has 4 rings (SSSR count). The molecule has 0 aliphatic rings. The van der Waals surface area contributed by atoms with Crippen molar-refractivity contribution in [2.75, 3.05) is 0 Å². The summed E-state index contributed by atoms with van der Waals surface area (Å²) in [4.78, 5) is 32.7. The van der Waals surface area contributed by atoms with Crippen molar-refractivity contribution >= 4 is 34.3 Å². The van der Waals surface area contributed by atoms with Crippen LogP contribution in [-0.2, 0) is 10.5 Å². The van der Waals surface area contributed by atoms with Gasteiger partial charge >= 0.3 is 5.97 Å². The van der Waals surface area contributed by atoms with E-state index in [1.54, 1.807) is 23.6 Å². The molecule has 0 saturated carbocycles. The summed E-state index contributed by atoms with van der Waals surface area (Å²) in [5.41, 5.74) is 1.57. The lowest BCUT2D eigenvalue weighted by Gasteiger charge is -2.12. The minimum atomic E-state index is -0.891. The lowest BCUT2D eigenvalue weighted by molar-refractivity contribution is -0.136. The third-order valence-corrected chi connectivity index (χ3v) is 5.43. The molecule has 0 radical (unpaired) electrons. The number of nitrogens with zero attached hydrogens (tertiary/aromatic N) is 4. The first-order valence-electron chi connectivity index (χ1n) is 8.63. The molecule has 0 aliphatic heterocycles. The van der Waals surface area contributed by atoms with Gasteiger partial charge in [-0.25, -0.2) is 4.98 Å². The fourth-order valence-electron chi connectivity index (χ4n) is 2.83. The minimum absolute atomic E-state index is 0.229. The van der Waals surface area contributed by atoms with E-state index in [4.69, 9.17) is 5.11 Å². The molecule has 0 saturated heterocycles. The van der Waals surface area contributed by atoms with E-state index in [1.807, 2.05) is 42.5 Å². The van der Waals surface area contributed by atoms with E-state index >= 15 is 0 Å². The van der Waals surface area contributed by atoms with Crippen LogP contribution in [0.2, 0.25) is 0 Å². The van der Waals surface area contributed by atoms with Crippen LogP contribution in [0.1, 0.15) is 12.7 Å². The third kappa shape index (κ3) is 3.34. The van der Waals surface area contributed by atoms with Gasteiger partial charge in [0.05, 0.1) is 16.5 Å². The number of fused-ring (bicyclic) bond motifs is 3. The SMILES string of the molecule is C[C@@H](SCc1nc2ccccc2c2nc(=O)c(-c3ccccc3)nn12)C(=O)O. The number of carbonyl (C=O) groups is 1. The fraction of sp³-hybridized carbons (Fsp3) is 0.150. The molecular formula is C20H16N4O3S. The molecule has 0 fully saturated rings. The van der Waals surface area contributed by atoms with Crippen molar-refractivity contribution in [3.05, 3.63) is 70.8 Å². The van der Waals surface area contributed by atoms with Crippen LogP contribution >= 0.6 is 11.8 Å². The Labute approximate surface area is 164 Å². The van der Waals surface area contributed by atoms with Gasteiger partial charge in [0, 0.05) is 10.9 Å². The number of thioether (sulfide) groups is 1. The van der Waals surface area contributed by atoms with E-state index in [0.717, 1.165) is 0 Å². The van der Waals surface area contributed by atoms with E-state index in [2.05, 4.69) is 15.1 Å². The van der Waals surface area contributed by atoms with Gasteiger partial charge in [-0.3, -0.25) is 9.59 Å². The smallest absolute Gasteiger partial charge is 0.316 e. The zero-order valence-corrected chi connectivity index (χ0v) is 15.8. The van der Waals surface area contributed by atoms with Crippen molar-refractivity contribution in [1.29, 1.82) is 0 Å². The van der Waals surface area contributed by atoms with Crippen molar-refractivity contribution in [1.82, 2.24) is 19.6 Å². The number of aromatic nitrogens is 4. The molecule has 2 aromatic carbocycles. The molecule has 0 unspecified atom stereocenters. The first kappa shape index (κ1) is 18.1. The molecule has 7 nitrogen and oxygen atoms in total. The second-order valence-electron chi connectivity index (χ2n) is 6.20. The summed E-state index contributed by atoms with van der Waals surface area (Å²) < 4.78 is 1.55. The van der Waals surface area contributed by atoms with Gasteiger partial charge in [0.25, 0.3) is 5.56 Å². The summed E-state index contributed by atoms with van der Waals surface area (Å²) in [6.45, 7) is 1.62. The number of aliphatic carboxylic acids is 1. The zero-order chi connectivity index (χ0) is 19.7. The highest BCUT2D eigenvalue weighted by molar-refractivity contribution is 7.99. The van der Waals surface area contributed by atoms with E-state index in [-0.39, 0.29) is 5.69 Å². The van der Waals surface area contributed by atoms with Crippen LogP contribution in [-0.4, -0.2) is 35.9 Å². The first-order valence-corrected chi connectivity index (χ1v) is 9.68. The second kappa shape index (κ2) is 7.40. The van der Waals surface area contributed by atoms with Gasteiger partial charge in [-0.2, -0.15) is 14.6 Å². The van der Waals surface area contributed by atoms with Crippen LogP contribution < -0.4 is 5.56 Å². The number of hydrogen-bond acceptors (Lipinski definition) is 6. The van der Waals surface area contributed by atoms with Gasteiger partial charge in [-0.1, -0.05) is 42.5 Å². The fourth-order valence-corrected chi connectivity index (χ4v) is 3.56. The van der Waals surface area contributed by atoms with E-state index < -0.39 is 16.8 Å². The van der Waals surface area contributed by atoms with Crippen molar-refractivity contribution in [3.63, 3.8) is 0 Å². The van der Waals surface area contributed by atoms with Crippen LogP contribution in [0, 0.1) is 0 Å². The standard InChI is InChI=1S/C20H16N4O3S/c1-12(20(26)27)28-11-16-21-15-10-6-5-9-14(15)18-22-19(25)17(23-24(16)18)13-7-3-2-4-8-13/h2-10,12H,11H2,1H3,(H,26,27)/t12-/m1/s1. The van der Waals surface area contributed by atoms with Crippen molar-refractivity contribution in [2.45, 2.75) is 17.9 Å². The monoisotopic (exact) mass is 392 g/mol. The molecule has 28 heavy (non-hydrogen) atoms. The number of carboxylic acids is 1. The summed E-state index contributed by atoms with van der Waals surface area (Å²) in [7, 11) is 0. The molecule has 0 aliphatic carbocycles. The van der Waals surface area contributed by atoms with Crippen LogP contribution in [0.5, 0.6) is 0 Å². The number of benzene rings is 2. The molecule has 0 amide bonds. The number of carboxylic acid groups (broad SMARTS) is 1. The molecule has 140 valence electrons. The Bertz CT molecular complexity index is 1240. The Hall–Kier alpha value is -3.26. The predicted octanol–water partition coefficient (Wildman–Crippen LogP) is 3.01. The van der Waals surface area contributed by atoms with Crippen molar-refractivity contribution < 1.29 is 9.90 Å². The molecule has 2 heterocycles. The Morgan fingerprint density at radius 3 is 2.57 bits per heavy atom. The van der Waals surface area contributed by atoms with Crippen molar-refractivity contribution in [2.24, 2.45) is 0 Å². The van der Waals surface area contributed by atoms with Crippen LogP contribution in [0.3, 0.4) is 0 Å². The zero-order valence-electron chi connectivity index (χ0n) is 14.9. The highest BCUT2D eigenvalue weighted by Crippen LogP contribution is 2.22. The quantitative estimate of drug-likeness (QED) is 0.521. The molecule has 0 spiro atoms. The molecule has 1 N–H and O–H groups in total. The predicted molar refractivity (Wildman–Crippen MR) is 108 cm³/mol. The average Bonchev–Trinajstić information content (AvgIpc) is 2.72. The van der Waals surface area contributed by atoms with Crippen LogP contribution in [0.4, 0.5) is 0 Å². The van der Waals surface area contributed by atoms with Crippen molar-refractivity contribution in [3.8, 4) is 11.3 Å². The van der Waals surface area contributed by atoms with Crippen LogP contribution in [0.25, 0.3) is 27.8 Å². The minimum Gasteiger partial charge on any atom is -0.480 e. The van der Waals surface area contributed by atoms with Gasteiger partial charge in [0.2, 0.25) is 0 Å². The second-order valence-corrected chi connectivity index (χ2v) is 7.53. The maximum Gasteiger partial charge on any atom is 0.316 e. The Morgan fingerprint density at radius 1 is 1.11 bits per heavy atom. The lowest BCUT2D eigenvalue weighted by Crippen LogP contribution is -2.19. The molecule has 0 bridgehead atoms. The van der Waals surface area contributed by atoms with Gasteiger partial charge < -0.3 is 5.11 Å². The first-order chi connectivity index (χ1) is 13.5. The van der Waals surface area contributed by atoms with E-state index in [0.29, 0.717) is 33.7 Å². The summed E-state index contributed by atoms with van der Waals surface area (Å²) in [6, 6.07) is 16.5. The largest absolute Gasteiger partial charge is 0.480 e. The van der Waals surface area contributed by atoms with E-state index in [9.17, 15) is 9.59 Å². The molecule has 1 atom stereocenters. The summed E-state index contributed by atoms with van der Waals surface area (Å²) in [5, 5.41) is 13.8. The van der Waals surface area contributed by atoms with Crippen LogP contribution in [0.15, 0.2) is 59.4 Å².